The quantitative estimate of drug-likeness (QED) is 0.0978. The molecule has 338 valence electrons. The van der Waals surface area contributed by atoms with Gasteiger partial charge in [-0.15, -0.1) is 20.4 Å². The van der Waals surface area contributed by atoms with Gasteiger partial charge in [0.05, 0.1) is 11.4 Å². The lowest BCUT2D eigenvalue weighted by molar-refractivity contribution is -0.117. The molecule has 0 aliphatic carbocycles. The van der Waals surface area contributed by atoms with E-state index < -0.39 is 17.6 Å². The number of tetrazole rings is 2. The minimum Gasteiger partial charge on any atom is -0.511 e. The second kappa shape index (κ2) is 31.8. The number of hydrogen-bond donors (Lipinski definition) is 5. The molecule has 0 radical (unpaired) electrons. The van der Waals surface area contributed by atoms with Crippen LogP contribution >= 0.6 is 7.72 Å². The third-order valence-corrected chi connectivity index (χ3v) is 11.2. The maximum Gasteiger partial charge on any atom is 0.288 e. The Balaban J connectivity index is -0.000000300. The molecular formula is C36H78BN11O8PS+. The summed E-state index contributed by atoms with van der Waals surface area (Å²) in [7, 11) is -5.23. The maximum absolute atomic E-state index is 10.7. The fourth-order valence-corrected chi connectivity index (χ4v) is 2.20. The molecule has 0 saturated carbocycles. The number of carbonyl (C=O) groups is 1. The summed E-state index contributed by atoms with van der Waals surface area (Å²) in [6, 6.07) is 0. The molecule has 5 N–H and O–H groups in total. The van der Waals surface area contributed by atoms with Crippen LogP contribution in [0.15, 0.2) is 27.6 Å². The van der Waals surface area contributed by atoms with E-state index in [1.807, 2.05) is 55.4 Å². The zero-order chi connectivity index (χ0) is 46.7. The van der Waals surface area contributed by atoms with E-state index in [-0.39, 0.29) is 60.4 Å². The van der Waals surface area contributed by atoms with Gasteiger partial charge in [0.1, 0.15) is 46.8 Å². The minimum atomic E-state index is -2.74. The molecule has 0 fully saturated rings. The Morgan fingerprint density at radius 3 is 1.55 bits per heavy atom. The number of aliphatic imine (C=N–C) groups is 1. The van der Waals surface area contributed by atoms with Crippen molar-refractivity contribution >= 4 is 36.1 Å². The molecule has 3 rings (SSSR count). The van der Waals surface area contributed by atoms with Gasteiger partial charge in [-0.3, -0.25) is 4.79 Å². The van der Waals surface area contributed by atoms with Gasteiger partial charge in [-0.2, -0.15) is 9.91 Å². The number of hydrogen-bond acceptors (Lipinski definition) is 17. The zero-order valence-electron chi connectivity index (χ0n) is 38.8. The average molecular weight is 867 g/mol. The first-order valence-electron chi connectivity index (χ1n) is 19.4. The molecule has 0 aromatic carbocycles. The Morgan fingerprint density at radius 1 is 0.879 bits per heavy atom. The van der Waals surface area contributed by atoms with Crippen molar-refractivity contribution in [3.8, 4) is 0 Å². The highest BCUT2D eigenvalue weighted by atomic mass is 32.2. The van der Waals surface area contributed by atoms with Gasteiger partial charge in [-0.25, -0.2) is 27.9 Å². The Morgan fingerprint density at radius 2 is 1.33 bits per heavy atom. The number of sulfone groups is 1. The molecule has 22 heteroatoms. The van der Waals surface area contributed by atoms with Crippen LogP contribution in [0.25, 0.3) is 0 Å². The number of aliphatic hydroxyl groups is 2. The first-order chi connectivity index (χ1) is 26.2. The van der Waals surface area contributed by atoms with Crippen LogP contribution in [-0.2, 0) is 27.7 Å². The van der Waals surface area contributed by atoms with Gasteiger partial charge < -0.3 is 15.2 Å². The lowest BCUT2D eigenvalue weighted by Gasteiger charge is -2.08. The number of rotatable bonds is 11. The number of aromatic nitrogens is 8. The van der Waals surface area contributed by atoms with Crippen LogP contribution < -0.4 is 0 Å². The topological polar surface area (TPSA) is 277 Å². The Hall–Kier alpha value is -3.10. The summed E-state index contributed by atoms with van der Waals surface area (Å²) in [6.45, 7) is 37.7. The van der Waals surface area contributed by atoms with Crippen molar-refractivity contribution in [3.63, 3.8) is 0 Å². The van der Waals surface area contributed by atoms with Crippen LogP contribution in [0.4, 0.5) is 0 Å². The lowest BCUT2D eigenvalue weighted by atomic mass is 9.61. The highest BCUT2D eigenvalue weighted by Gasteiger charge is 2.29. The maximum atomic E-state index is 10.7. The predicted octanol–water partition coefficient (Wildman–Crippen LogP) is 6.05. The zero-order valence-corrected chi connectivity index (χ0v) is 40.5. The van der Waals surface area contributed by atoms with E-state index in [1.54, 1.807) is 41.4 Å². The Bertz CT molecular complexity index is 1530. The molecule has 1 atom stereocenters. The second-order valence-electron chi connectivity index (χ2n) is 15.9. The smallest absolute Gasteiger partial charge is 0.288 e. The average Bonchev–Trinajstić information content (AvgIpc) is 3.84. The SMILES string of the molecule is C=C(O)Cn1nnnc1C(C)C.CB(O)C(C)C.CC(=O)Cn1nnc(C(C)C)n1.CC(C)C(C)O.CC(C)C1=NCN=N1.CC(C)S(C)(=O)=O.CC(C)[P+](C)(O)O. The molecule has 1 aliphatic heterocycles. The number of Topliss-reactive ketones (excluding diaryl/α,β-unsaturated/α-hetero) is 1. The number of carbonyl (C=O) groups excluding carboxylic acids is 1. The molecule has 1 unspecified atom stereocenters. The molecule has 19 nitrogen and oxygen atoms in total. The number of amidine groups is 1. The van der Waals surface area contributed by atoms with Crippen molar-refractivity contribution in [2.24, 2.45) is 27.1 Å². The van der Waals surface area contributed by atoms with Gasteiger partial charge >= 0.3 is 0 Å². The molecule has 58 heavy (non-hydrogen) atoms. The summed E-state index contributed by atoms with van der Waals surface area (Å²) < 4.78 is 22.2. The summed E-state index contributed by atoms with van der Waals surface area (Å²) >= 11 is 0. The van der Waals surface area contributed by atoms with Gasteiger partial charge in [-0.1, -0.05) is 82.6 Å². The van der Waals surface area contributed by atoms with E-state index in [0.717, 1.165) is 11.7 Å². The summed E-state index contributed by atoms with van der Waals surface area (Å²) in [6.07, 6.45) is 1.09. The van der Waals surface area contributed by atoms with Crippen molar-refractivity contribution in [3.05, 3.63) is 24.0 Å². The molecule has 3 heterocycles. The largest absolute Gasteiger partial charge is 0.511 e. The number of nitrogens with zero attached hydrogens (tertiary/aromatic N) is 11. The van der Waals surface area contributed by atoms with Crippen molar-refractivity contribution in [1.29, 1.82) is 0 Å². The molecule has 2 aromatic heterocycles. The number of ketones is 1. The summed E-state index contributed by atoms with van der Waals surface area (Å²) in [5.74, 6) is 4.15. The van der Waals surface area contributed by atoms with E-state index in [4.69, 9.17) is 25.0 Å². The second-order valence-corrected chi connectivity index (χ2v) is 21.5. The van der Waals surface area contributed by atoms with Crippen molar-refractivity contribution in [2.75, 3.05) is 19.6 Å². The van der Waals surface area contributed by atoms with Gasteiger partial charge in [0, 0.05) is 24.0 Å². The normalized spacial score (nSPS) is 12.5. The van der Waals surface area contributed by atoms with E-state index in [9.17, 15) is 13.2 Å². The number of azo groups is 1. The first kappa shape index (κ1) is 61.6. The van der Waals surface area contributed by atoms with Gasteiger partial charge in [-0.05, 0) is 68.9 Å². The minimum absolute atomic E-state index is 0.0208. The highest BCUT2D eigenvalue weighted by molar-refractivity contribution is 7.91. The Kier molecular flexibility index (Phi) is 33.7. The molecule has 2 aromatic rings. The fraction of sp³-hybridized carbons (Fsp3) is 0.833. The summed E-state index contributed by atoms with van der Waals surface area (Å²) in [4.78, 5) is 33.5. The van der Waals surface area contributed by atoms with E-state index in [0.29, 0.717) is 30.1 Å². The predicted molar refractivity (Wildman–Crippen MR) is 236 cm³/mol. The van der Waals surface area contributed by atoms with Gasteiger partial charge in [0.25, 0.3) is 14.6 Å². The van der Waals surface area contributed by atoms with Crippen LogP contribution in [0.1, 0.15) is 134 Å². The van der Waals surface area contributed by atoms with E-state index in [2.05, 4.69) is 66.6 Å². The van der Waals surface area contributed by atoms with Crippen molar-refractivity contribution < 1.29 is 38.2 Å². The lowest BCUT2D eigenvalue weighted by Crippen LogP contribution is -2.10. The molecule has 0 spiro atoms. The number of allylic oxidation sites excluding steroid dienone is 1. The third kappa shape index (κ3) is 36.0. The van der Waals surface area contributed by atoms with Crippen LogP contribution in [0.3, 0.4) is 0 Å². The van der Waals surface area contributed by atoms with Crippen LogP contribution in [0.5, 0.6) is 0 Å². The monoisotopic (exact) mass is 867 g/mol. The fourth-order valence-electron chi connectivity index (χ4n) is 2.20. The molecule has 0 bridgehead atoms. The molecular weight excluding hydrogens is 788 g/mol. The summed E-state index contributed by atoms with van der Waals surface area (Å²) in [5.41, 5.74) is 0.0208. The molecule has 1 aliphatic rings. The first-order valence-corrected chi connectivity index (χ1v) is 23.5. The van der Waals surface area contributed by atoms with Crippen molar-refractivity contribution in [1.82, 2.24) is 40.4 Å². The van der Waals surface area contributed by atoms with Crippen LogP contribution in [0.2, 0.25) is 12.6 Å². The standard InChI is InChI=1S/2C7H12N4O.C5H9N3.C5H12O.C4H11BO.C4H12O2P.C4H10O2S/c1-5(2)7-8-9-10-11(7)4-6(3)12;1-5(2)7-8-10-11(9-7)4-6(3)12;1-4(2)5-6-3-7-8-5;2*1-4(2)5(3)6;2*1-4(2)7(3,5)6/h5,12H,3-4H2,1-2H3;5H,4H2,1-3H3;4H,3H2,1-2H3;4-6H,1-3H3;4,6H,1-3H3;4-6H,1-3H3;4H,1-3H3/q;;;;;+1;. The van der Waals surface area contributed by atoms with Gasteiger partial charge in [0.15, 0.2) is 24.1 Å². The summed E-state index contributed by atoms with van der Waals surface area (Å²) in [5, 5.41) is 56.1. The molecule has 0 amide bonds. The van der Waals surface area contributed by atoms with Crippen LogP contribution in [-0.4, -0.2) is 129 Å². The van der Waals surface area contributed by atoms with E-state index in [1.165, 1.54) is 29.3 Å². The Labute approximate surface area is 349 Å². The third-order valence-electron chi connectivity index (χ3n) is 7.51. The highest BCUT2D eigenvalue weighted by Crippen LogP contribution is 2.50. The molecule has 0 saturated heterocycles. The van der Waals surface area contributed by atoms with Crippen LogP contribution in [0, 0.1) is 11.8 Å². The van der Waals surface area contributed by atoms with E-state index >= 15 is 0 Å². The number of aliphatic hydroxyl groups excluding tert-OH is 2. The van der Waals surface area contributed by atoms with Gasteiger partial charge in [0.2, 0.25) is 0 Å². The van der Waals surface area contributed by atoms with Crippen molar-refractivity contribution in [2.45, 2.75) is 165 Å².